The number of fused-ring (bicyclic) bond motifs is 2. The Labute approximate surface area is 297 Å². The van der Waals surface area contributed by atoms with Crippen LogP contribution >= 0.6 is 0 Å². The number of benzene rings is 6. The lowest BCUT2D eigenvalue weighted by Crippen LogP contribution is -2.33. The van der Waals surface area contributed by atoms with Gasteiger partial charge in [-0.3, -0.25) is 19.6 Å². The molecule has 50 heavy (non-hydrogen) atoms. The molecule has 0 fully saturated rings. The van der Waals surface area contributed by atoms with Gasteiger partial charge in [0.05, 0.1) is 22.7 Å². The minimum Gasteiger partial charge on any atom is -0.291 e. The number of nitrogens with zero attached hydrogens (tertiary/aromatic N) is 4. The summed E-state index contributed by atoms with van der Waals surface area (Å²) in [4.78, 5) is 9.84. The van der Waals surface area contributed by atoms with Gasteiger partial charge in [-0.05, 0) is 94.8 Å². The Morgan fingerprint density at radius 2 is 0.560 bits per heavy atom. The molecule has 2 aliphatic rings. The molecule has 6 aromatic carbocycles. The van der Waals surface area contributed by atoms with Crippen LogP contribution in [0.1, 0.15) is 52.7 Å². The molecular formula is C46H44N4. The first-order chi connectivity index (χ1) is 24.1. The molecule has 2 aliphatic heterocycles. The van der Waals surface area contributed by atoms with E-state index in [1.165, 1.54) is 11.1 Å². The van der Waals surface area contributed by atoms with Crippen LogP contribution in [0.4, 0.5) is 45.5 Å². The van der Waals surface area contributed by atoms with Gasteiger partial charge in [0, 0.05) is 22.7 Å². The molecule has 0 amide bonds. The zero-order valence-corrected chi connectivity index (χ0v) is 29.8. The molecule has 2 heterocycles. The van der Waals surface area contributed by atoms with E-state index in [0.29, 0.717) is 0 Å². The Kier molecular flexibility index (Phi) is 7.56. The molecule has 6 aromatic rings. The number of anilines is 8. The second kappa shape index (κ2) is 12.0. The lowest BCUT2D eigenvalue weighted by Gasteiger charge is -2.34. The summed E-state index contributed by atoms with van der Waals surface area (Å²) in [5, 5.41) is 0. The predicted octanol–water partition coefficient (Wildman–Crippen LogP) is 12.7. The van der Waals surface area contributed by atoms with Gasteiger partial charge in [-0.25, -0.2) is 0 Å². The molecule has 8 rings (SSSR count). The molecule has 0 aromatic heterocycles. The van der Waals surface area contributed by atoms with Gasteiger partial charge in [-0.15, -0.1) is 0 Å². The normalized spacial score (nSPS) is 15.8. The van der Waals surface area contributed by atoms with Crippen molar-refractivity contribution in [2.45, 2.75) is 52.4 Å². The Balaban J connectivity index is 1.54. The Morgan fingerprint density at radius 1 is 0.300 bits per heavy atom. The van der Waals surface area contributed by atoms with Gasteiger partial charge in [0.15, 0.2) is 11.6 Å². The van der Waals surface area contributed by atoms with Crippen LogP contribution < -0.4 is 19.6 Å². The maximum absolute atomic E-state index is 2.47. The maximum atomic E-state index is 2.47. The van der Waals surface area contributed by atoms with E-state index in [1.807, 2.05) is 0 Å². The van der Waals surface area contributed by atoms with Crippen molar-refractivity contribution in [3.05, 3.63) is 180 Å². The van der Waals surface area contributed by atoms with Crippen LogP contribution in [-0.4, -0.2) is 0 Å². The number of rotatable bonds is 4. The van der Waals surface area contributed by atoms with Crippen LogP contribution in [0.5, 0.6) is 0 Å². The van der Waals surface area contributed by atoms with Crippen molar-refractivity contribution in [1.29, 1.82) is 0 Å². The summed E-state index contributed by atoms with van der Waals surface area (Å²) in [6, 6.07) is 57.3. The van der Waals surface area contributed by atoms with Crippen molar-refractivity contribution in [3.8, 4) is 0 Å². The molecule has 0 spiro atoms. The second-order valence-corrected chi connectivity index (χ2v) is 15.2. The maximum Gasteiger partial charge on any atom is 0.166 e. The average Bonchev–Trinajstić information content (AvgIpc) is 3.64. The lowest BCUT2D eigenvalue weighted by atomic mass is 9.86. The minimum atomic E-state index is -0.0238. The summed E-state index contributed by atoms with van der Waals surface area (Å²) in [6.45, 7) is 13.7. The van der Waals surface area contributed by atoms with Gasteiger partial charge in [0.2, 0.25) is 0 Å². The summed E-state index contributed by atoms with van der Waals surface area (Å²) in [7, 11) is 0. The van der Waals surface area contributed by atoms with Gasteiger partial charge in [0.1, 0.15) is 0 Å². The third-order valence-electron chi connectivity index (χ3n) is 9.75. The average molecular weight is 653 g/mol. The molecule has 0 saturated carbocycles. The van der Waals surface area contributed by atoms with E-state index in [4.69, 9.17) is 0 Å². The Hall–Kier alpha value is -5.74. The number of hydrogen-bond donors (Lipinski definition) is 0. The van der Waals surface area contributed by atoms with Crippen molar-refractivity contribution in [2.24, 2.45) is 0 Å². The third-order valence-corrected chi connectivity index (χ3v) is 9.75. The van der Waals surface area contributed by atoms with Crippen LogP contribution in [-0.2, 0) is 10.8 Å². The number of hydrogen-bond acceptors (Lipinski definition) is 4. The molecular weight excluding hydrogens is 609 g/mol. The molecule has 0 aliphatic carbocycles. The summed E-state index contributed by atoms with van der Waals surface area (Å²) in [5.41, 5.74) is 11.5. The Bertz CT molecular complexity index is 2020. The van der Waals surface area contributed by atoms with Gasteiger partial charge in [0.25, 0.3) is 0 Å². The summed E-state index contributed by atoms with van der Waals surface area (Å²) in [6.07, 6.45) is 0. The second-order valence-electron chi connectivity index (χ2n) is 15.2. The lowest BCUT2D eigenvalue weighted by molar-refractivity contribution is 0.590. The van der Waals surface area contributed by atoms with Gasteiger partial charge < -0.3 is 0 Å². The molecule has 248 valence electrons. The van der Waals surface area contributed by atoms with Crippen LogP contribution in [0.2, 0.25) is 0 Å². The van der Waals surface area contributed by atoms with Crippen LogP contribution in [0.3, 0.4) is 0 Å². The van der Waals surface area contributed by atoms with Crippen molar-refractivity contribution in [2.75, 3.05) is 19.6 Å². The quantitative estimate of drug-likeness (QED) is 0.188. The zero-order valence-electron chi connectivity index (χ0n) is 29.8. The fourth-order valence-electron chi connectivity index (χ4n) is 7.13. The van der Waals surface area contributed by atoms with E-state index in [9.17, 15) is 0 Å². The van der Waals surface area contributed by atoms with Crippen molar-refractivity contribution >= 4 is 45.5 Å². The molecule has 0 N–H and O–H groups in total. The van der Waals surface area contributed by atoms with E-state index in [0.717, 1.165) is 57.1 Å². The third kappa shape index (κ3) is 5.32. The van der Waals surface area contributed by atoms with Gasteiger partial charge in [-0.2, -0.15) is 0 Å². The SMILES string of the molecule is CC(C)(C)c1ccc2c(c1)N(c1ccccc1)/C(=C1\N(c3ccccc3)c3ccc(C(C)(C)C)cc3N1c1ccccc1)N2c1ccccc1. The highest BCUT2D eigenvalue weighted by Crippen LogP contribution is 2.57. The molecule has 4 heteroatoms. The number of para-hydroxylation sites is 4. The van der Waals surface area contributed by atoms with Crippen LogP contribution in [0.25, 0.3) is 0 Å². The summed E-state index contributed by atoms with van der Waals surface area (Å²) >= 11 is 0. The highest BCUT2D eigenvalue weighted by molar-refractivity contribution is 6.00. The van der Waals surface area contributed by atoms with Gasteiger partial charge in [-0.1, -0.05) is 126 Å². The minimum absolute atomic E-state index is 0.0238. The highest BCUT2D eigenvalue weighted by atomic mass is 15.5. The van der Waals surface area contributed by atoms with Crippen molar-refractivity contribution in [1.82, 2.24) is 0 Å². The summed E-state index contributed by atoms with van der Waals surface area (Å²) < 4.78 is 0. The monoisotopic (exact) mass is 652 g/mol. The standard InChI is InChI=1S/C46H44N4/c1-45(2,3)33-27-29-39-41(31-33)49(37-23-15-9-16-24-37)43(47(39)35-19-11-7-12-20-35)44-48(36-21-13-8-14-22-36)40-30-28-34(46(4,5)6)32-42(40)50(44)38-25-17-10-18-26-38/h7-32H,1-6H3/b44-43+. The smallest absolute Gasteiger partial charge is 0.166 e. The van der Waals surface area contributed by atoms with E-state index in [-0.39, 0.29) is 10.8 Å². The van der Waals surface area contributed by atoms with Crippen molar-refractivity contribution < 1.29 is 0 Å². The van der Waals surface area contributed by atoms with Gasteiger partial charge >= 0.3 is 0 Å². The molecule has 4 nitrogen and oxygen atoms in total. The fraction of sp³-hybridized carbons (Fsp3) is 0.174. The molecule has 0 saturated heterocycles. The zero-order chi connectivity index (χ0) is 34.6. The van der Waals surface area contributed by atoms with E-state index in [1.54, 1.807) is 0 Å². The summed E-state index contributed by atoms with van der Waals surface area (Å²) in [5.74, 6) is 2.12. The fourth-order valence-corrected chi connectivity index (χ4v) is 7.13. The first kappa shape index (κ1) is 31.5. The van der Waals surface area contributed by atoms with E-state index >= 15 is 0 Å². The first-order valence-corrected chi connectivity index (χ1v) is 17.6. The molecule has 0 radical (unpaired) electrons. The molecule has 0 unspecified atom stereocenters. The Morgan fingerprint density at radius 3 is 0.820 bits per heavy atom. The van der Waals surface area contributed by atoms with Crippen LogP contribution in [0.15, 0.2) is 169 Å². The molecule has 0 atom stereocenters. The van der Waals surface area contributed by atoms with E-state index in [2.05, 4.69) is 219 Å². The highest BCUT2D eigenvalue weighted by Gasteiger charge is 2.45. The topological polar surface area (TPSA) is 13.0 Å². The van der Waals surface area contributed by atoms with E-state index < -0.39 is 0 Å². The van der Waals surface area contributed by atoms with Crippen molar-refractivity contribution in [3.63, 3.8) is 0 Å². The molecule has 0 bridgehead atoms. The largest absolute Gasteiger partial charge is 0.291 e. The first-order valence-electron chi connectivity index (χ1n) is 17.6. The predicted molar refractivity (Wildman–Crippen MR) is 212 cm³/mol. The van der Waals surface area contributed by atoms with Crippen LogP contribution in [0, 0.1) is 0 Å².